The van der Waals surface area contributed by atoms with Gasteiger partial charge in [-0.05, 0) is 62.5 Å². The van der Waals surface area contributed by atoms with E-state index in [0.29, 0.717) is 17.0 Å². The van der Waals surface area contributed by atoms with Crippen molar-refractivity contribution < 1.29 is 13.2 Å². The fraction of sp³-hybridized carbons (Fsp3) is 0.391. The molecule has 1 amide bonds. The first-order chi connectivity index (χ1) is 15.2. The molecule has 0 radical (unpaired) electrons. The molecule has 32 heavy (non-hydrogen) atoms. The van der Waals surface area contributed by atoms with Crippen molar-refractivity contribution in [3.63, 3.8) is 0 Å². The molecule has 1 aromatic heterocycles. The van der Waals surface area contributed by atoms with Crippen molar-refractivity contribution in [2.75, 3.05) is 18.6 Å². The highest BCUT2D eigenvalue weighted by Gasteiger charge is 2.21. The van der Waals surface area contributed by atoms with Crippen molar-refractivity contribution in [1.82, 2.24) is 20.0 Å². The number of nitrogens with one attached hydrogen (secondary N) is 3. The number of aromatic amines is 1. The van der Waals surface area contributed by atoms with Gasteiger partial charge in [0.2, 0.25) is 15.9 Å². The SMILES string of the molecule is CSCC[C@H](NC(=O)CCNS(=O)(=O)c1c(C)cc(C)cc1C)c1nc2ccccc2[nH]1. The van der Waals surface area contributed by atoms with Gasteiger partial charge in [0.25, 0.3) is 0 Å². The molecule has 1 heterocycles. The number of sulfonamides is 1. The fourth-order valence-corrected chi connectivity index (χ4v) is 5.83. The molecule has 0 bridgehead atoms. The lowest BCUT2D eigenvalue weighted by molar-refractivity contribution is -0.121. The van der Waals surface area contributed by atoms with Crippen molar-refractivity contribution in [3.05, 3.63) is 58.9 Å². The van der Waals surface area contributed by atoms with E-state index in [9.17, 15) is 13.2 Å². The summed E-state index contributed by atoms with van der Waals surface area (Å²) in [5.74, 6) is 1.34. The average molecular weight is 475 g/mol. The van der Waals surface area contributed by atoms with Gasteiger partial charge < -0.3 is 10.3 Å². The summed E-state index contributed by atoms with van der Waals surface area (Å²) < 4.78 is 28.1. The van der Waals surface area contributed by atoms with Crippen molar-refractivity contribution in [2.45, 2.75) is 44.6 Å². The van der Waals surface area contributed by atoms with Gasteiger partial charge in [0, 0.05) is 13.0 Å². The lowest BCUT2D eigenvalue weighted by atomic mass is 10.1. The van der Waals surface area contributed by atoms with Crippen LogP contribution in [0.1, 0.15) is 41.4 Å². The number of fused-ring (bicyclic) bond motifs is 1. The largest absolute Gasteiger partial charge is 0.346 e. The Morgan fingerprint density at radius 3 is 2.50 bits per heavy atom. The third-order valence-corrected chi connectivity index (χ3v) is 7.61. The normalized spacial score (nSPS) is 12.8. The highest BCUT2D eigenvalue weighted by molar-refractivity contribution is 7.98. The van der Waals surface area contributed by atoms with Crippen molar-refractivity contribution >= 4 is 38.7 Å². The van der Waals surface area contributed by atoms with Crippen LogP contribution < -0.4 is 10.0 Å². The number of benzene rings is 2. The topological polar surface area (TPSA) is 104 Å². The molecular formula is C23H30N4O3S2. The van der Waals surface area contributed by atoms with Gasteiger partial charge in [-0.15, -0.1) is 0 Å². The minimum absolute atomic E-state index is 0.0241. The van der Waals surface area contributed by atoms with Gasteiger partial charge in [0.05, 0.1) is 22.0 Å². The van der Waals surface area contributed by atoms with Gasteiger partial charge in [0.1, 0.15) is 5.82 Å². The number of nitrogens with zero attached hydrogens (tertiary/aromatic N) is 1. The Bertz CT molecular complexity index is 1150. The molecule has 0 aliphatic heterocycles. The molecule has 0 aliphatic carbocycles. The van der Waals surface area contributed by atoms with E-state index >= 15 is 0 Å². The predicted octanol–water partition coefficient (Wildman–Crippen LogP) is 3.77. The Kier molecular flexibility index (Phi) is 7.97. The Hall–Kier alpha value is -2.36. The molecule has 9 heteroatoms. The first-order valence-corrected chi connectivity index (χ1v) is 13.4. The Labute approximate surface area is 193 Å². The van der Waals surface area contributed by atoms with E-state index in [-0.39, 0.29) is 29.8 Å². The number of H-pyrrole nitrogens is 1. The maximum atomic E-state index is 12.8. The molecule has 0 fully saturated rings. The molecule has 1 atom stereocenters. The number of para-hydroxylation sites is 2. The number of imidazole rings is 1. The third kappa shape index (κ3) is 5.90. The first-order valence-electron chi connectivity index (χ1n) is 10.5. The highest BCUT2D eigenvalue weighted by atomic mass is 32.2. The maximum absolute atomic E-state index is 12.8. The Morgan fingerprint density at radius 2 is 1.84 bits per heavy atom. The fourth-order valence-electron chi connectivity index (χ4n) is 3.88. The molecular weight excluding hydrogens is 444 g/mol. The summed E-state index contributed by atoms with van der Waals surface area (Å²) >= 11 is 1.70. The average Bonchev–Trinajstić information content (AvgIpc) is 3.14. The highest BCUT2D eigenvalue weighted by Crippen LogP contribution is 2.22. The molecule has 3 aromatic rings. The van der Waals surface area contributed by atoms with Crippen molar-refractivity contribution in [2.24, 2.45) is 0 Å². The predicted molar refractivity (Wildman–Crippen MR) is 130 cm³/mol. The van der Waals surface area contributed by atoms with Crippen LogP contribution in [-0.2, 0) is 14.8 Å². The second-order valence-corrected chi connectivity index (χ2v) is 10.6. The third-order valence-electron chi connectivity index (χ3n) is 5.20. The van der Waals surface area contributed by atoms with Gasteiger partial charge >= 0.3 is 0 Å². The standard InChI is InChI=1S/C23H30N4O3S2/c1-15-13-16(2)22(17(3)14-15)32(29,30)24-11-9-21(28)25-20(10-12-31-4)23-26-18-7-5-6-8-19(18)27-23/h5-8,13-14,20,24H,9-12H2,1-4H3,(H,25,28)(H,26,27)/t20-/m0/s1. The summed E-state index contributed by atoms with van der Waals surface area (Å²) in [6.07, 6.45) is 2.78. The molecule has 0 spiro atoms. The van der Waals surface area contributed by atoms with Crippen LogP contribution in [0, 0.1) is 20.8 Å². The number of carbonyl (C=O) groups excluding carboxylic acids is 1. The molecule has 0 saturated heterocycles. The smallest absolute Gasteiger partial charge is 0.241 e. The number of hydrogen-bond acceptors (Lipinski definition) is 5. The number of amides is 1. The van der Waals surface area contributed by atoms with Crippen LogP contribution in [0.5, 0.6) is 0 Å². The van der Waals surface area contributed by atoms with E-state index in [0.717, 1.165) is 28.8 Å². The quantitative estimate of drug-likeness (QED) is 0.415. The van der Waals surface area contributed by atoms with Crippen LogP contribution in [0.3, 0.4) is 0 Å². The van der Waals surface area contributed by atoms with Gasteiger partial charge in [0.15, 0.2) is 0 Å². The molecule has 3 rings (SSSR count). The first kappa shape index (κ1) is 24.3. The zero-order valence-corrected chi connectivity index (χ0v) is 20.5. The van der Waals surface area contributed by atoms with Crippen LogP contribution in [0.2, 0.25) is 0 Å². The van der Waals surface area contributed by atoms with Gasteiger partial charge in [-0.1, -0.05) is 29.8 Å². The minimum atomic E-state index is -3.70. The summed E-state index contributed by atoms with van der Waals surface area (Å²) in [5.41, 5.74) is 4.17. The number of aryl methyl sites for hydroxylation is 3. The summed E-state index contributed by atoms with van der Waals surface area (Å²) in [7, 11) is -3.70. The molecule has 3 N–H and O–H groups in total. The summed E-state index contributed by atoms with van der Waals surface area (Å²) in [4.78, 5) is 20.8. The number of carbonyl (C=O) groups is 1. The van der Waals surface area contributed by atoms with Crippen LogP contribution in [0.15, 0.2) is 41.3 Å². The van der Waals surface area contributed by atoms with Gasteiger partial charge in [-0.3, -0.25) is 4.79 Å². The van der Waals surface area contributed by atoms with E-state index in [2.05, 4.69) is 20.0 Å². The second kappa shape index (κ2) is 10.5. The lowest BCUT2D eigenvalue weighted by Gasteiger charge is -2.17. The van der Waals surface area contributed by atoms with E-state index in [4.69, 9.17) is 0 Å². The lowest BCUT2D eigenvalue weighted by Crippen LogP contribution is -2.34. The van der Waals surface area contributed by atoms with Gasteiger partial charge in [-0.2, -0.15) is 11.8 Å². The molecule has 0 saturated carbocycles. The van der Waals surface area contributed by atoms with Crippen LogP contribution in [0.4, 0.5) is 0 Å². The number of thioether (sulfide) groups is 1. The maximum Gasteiger partial charge on any atom is 0.241 e. The molecule has 172 valence electrons. The number of rotatable bonds is 10. The van der Waals surface area contributed by atoms with Crippen molar-refractivity contribution in [3.8, 4) is 0 Å². The summed E-state index contributed by atoms with van der Waals surface area (Å²) in [6.45, 7) is 5.52. The van der Waals surface area contributed by atoms with E-state index < -0.39 is 10.0 Å². The van der Waals surface area contributed by atoms with Crippen LogP contribution in [-0.4, -0.2) is 42.8 Å². The summed E-state index contributed by atoms with van der Waals surface area (Å²) in [5, 5.41) is 3.00. The van der Waals surface area contributed by atoms with Crippen LogP contribution >= 0.6 is 11.8 Å². The zero-order valence-electron chi connectivity index (χ0n) is 18.9. The zero-order chi connectivity index (χ0) is 23.3. The monoisotopic (exact) mass is 474 g/mol. The number of aromatic nitrogens is 2. The van der Waals surface area contributed by atoms with Crippen molar-refractivity contribution in [1.29, 1.82) is 0 Å². The number of hydrogen-bond donors (Lipinski definition) is 3. The van der Waals surface area contributed by atoms with E-state index in [1.165, 1.54) is 0 Å². The van der Waals surface area contributed by atoms with E-state index in [1.807, 2.05) is 49.6 Å². The second-order valence-electron chi connectivity index (χ2n) is 7.92. The molecule has 7 nitrogen and oxygen atoms in total. The molecule has 0 unspecified atom stereocenters. The molecule has 0 aliphatic rings. The minimum Gasteiger partial charge on any atom is -0.346 e. The van der Waals surface area contributed by atoms with Crippen LogP contribution in [0.25, 0.3) is 11.0 Å². The Balaban J connectivity index is 1.64. The summed E-state index contributed by atoms with van der Waals surface area (Å²) in [6, 6.07) is 11.2. The molecule has 2 aromatic carbocycles. The van der Waals surface area contributed by atoms with Gasteiger partial charge in [-0.25, -0.2) is 18.1 Å². The Morgan fingerprint density at radius 1 is 1.16 bits per heavy atom. The van der Waals surface area contributed by atoms with E-state index in [1.54, 1.807) is 25.6 Å².